The third kappa shape index (κ3) is 3.92. The number of nitrogens with one attached hydrogen (secondary N) is 1. The Labute approximate surface area is 159 Å². The van der Waals surface area contributed by atoms with Crippen LogP contribution in [0.1, 0.15) is 46.4 Å². The maximum atomic E-state index is 12.9. The molecule has 2 aliphatic rings. The van der Waals surface area contributed by atoms with Crippen molar-refractivity contribution in [3.63, 3.8) is 0 Å². The van der Waals surface area contributed by atoms with Crippen molar-refractivity contribution >= 4 is 5.91 Å². The molecule has 1 amide bonds. The lowest BCUT2D eigenvalue weighted by Gasteiger charge is -2.32. The van der Waals surface area contributed by atoms with Gasteiger partial charge in [0.25, 0.3) is 11.5 Å². The molecule has 1 unspecified atom stereocenters. The van der Waals surface area contributed by atoms with Crippen LogP contribution in [0.4, 0.5) is 0 Å². The number of hydrogen-bond acceptors (Lipinski definition) is 3. The van der Waals surface area contributed by atoms with E-state index in [2.05, 4.69) is 11.9 Å². The Balaban J connectivity index is 1.41. The van der Waals surface area contributed by atoms with Crippen molar-refractivity contribution in [1.82, 2.24) is 9.88 Å². The van der Waals surface area contributed by atoms with Crippen molar-refractivity contribution in [2.24, 2.45) is 5.92 Å². The molecule has 1 saturated heterocycles. The molecule has 27 heavy (non-hydrogen) atoms. The van der Waals surface area contributed by atoms with Gasteiger partial charge in [-0.05, 0) is 62.8 Å². The van der Waals surface area contributed by atoms with Crippen LogP contribution < -0.4 is 10.3 Å². The number of aryl methyl sites for hydroxylation is 3. The van der Waals surface area contributed by atoms with E-state index in [4.69, 9.17) is 4.74 Å². The summed E-state index contributed by atoms with van der Waals surface area (Å²) < 4.78 is 5.91. The molecule has 1 aliphatic carbocycles. The molecule has 4 rings (SSSR count). The van der Waals surface area contributed by atoms with E-state index in [1.807, 2.05) is 35.2 Å². The average Bonchev–Trinajstić information content (AvgIpc) is 3.14. The summed E-state index contributed by atoms with van der Waals surface area (Å²) in [5, 5.41) is 0. The van der Waals surface area contributed by atoms with E-state index >= 15 is 0 Å². The van der Waals surface area contributed by atoms with Crippen LogP contribution >= 0.6 is 0 Å². The van der Waals surface area contributed by atoms with E-state index in [9.17, 15) is 9.59 Å². The van der Waals surface area contributed by atoms with Crippen molar-refractivity contribution in [3.8, 4) is 5.75 Å². The van der Waals surface area contributed by atoms with E-state index in [0.29, 0.717) is 19.7 Å². The minimum absolute atomic E-state index is 0.147. The third-order valence-corrected chi connectivity index (χ3v) is 5.63. The highest BCUT2D eigenvalue weighted by Gasteiger charge is 2.27. The minimum atomic E-state index is -0.251. The zero-order chi connectivity index (χ0) is 18.8. The molecule has 1 N–H and O–H groups in total. The van der Waals surface area contributed by atoms with E-state index in [1.165, 1.54) is 5.56 Å². The number of ether oxygens (including phenoxy) is 1. The summed E-state index contributed by atoms with van der Waals surface area (Å²) >= 11 is 0. The lowest BCUT2D eigenvalue weighted by molar-refractivity contribution is 0.0631. The molecular formula is C22H26N2O3. The number of nitrogens with zero attached hydrogens (tertiary/aromatic N) is 1. The molecule has 0 radical (unpaired) electrons. The molecule has 2 heterocycles. The first kappa shape index (κ1) is 17.8. The Hall–Kier alpha value is -2.56. The van der Waals surface area contributed by atoms with Gasteiger partial charge in [0.1, 0.15) is 11.3 Å². The van der Waals surface area contributed by atoms with E-state index < -0.39 is 0 Å². The number of likely N-dealkylation sites (tertiary alicyclic amines) is 1. The van der Waals surface area contributed by atoms with Crippen LogP contribution in [0.15, 0.2) is 35.1 Å². The normalized spacial score (nSPS) is 19.0. The summed E-state index contributed by atoms with van der Waals surface area (Å²) in [6.45, 7) is 3.99. The van der Waals surface area contributed by atoms with Gasteiger partial charge < -0.3 is 14.6 Å². The second-order valence-corrected chi connectivity index (χ2v) is 7.75. The smallest absolute Gasteiger partial charge is 0.261 e. The van der Waals surface area contributed by atoms with Crippen molar-refractivity contribution in [1.29, 1.82) is 0 Å². The maximum absolute atomic E-state index is 12.9. The highest BCUT2D eigenvalue weighted by atomic mass is 16.5. The fourth-order valence-corrected chi connectivity index (χ4v) is 4.08. The van der Waals surface area contributed by atoms with E-state index in [1.54, 1.807) is 0 Å². The van der Waals surface area contributed by atoms with Crippen LogP contribution in [-0.2, 0) is 12.8 Å². The Morgan fingerprint density at radius 1 is 1.22 bits per heavy atom. The van der Waals surface area contributed by atoms with E-state index in [-0.39, 0.29) is 22.9 Å². The molecule has 142 valence electrons. The quantitative estimate of drug-likeness (QED) is 0.904. The van der Waals surface area contributed by atoms with Crippen molar-refractivity contribution < 1.29 is 9.53 Å². The number of carbonyl (C=O) groups is 1. The number of piperidine rings is 1. The zero-order valence-corrected chi connectivity index (χ0v) is 15.8. The number of fused-ring (bicyclic) bond motifs is 1. The van der Waals surface area contributed by atoms with E-state index in [0.717, 1.165) is 49.1 Å². The number of carbonyl (C=O) groups excluding carboxylic acids is 1. The largest absolute Gasteiger partial charge is 0.493 e. The van der Waals surface area contributed by atoms with Gasteiger partial charge in [-0.3, -0.25) is 9.59 Å². The molecule has 1 aromatic carbocycles. The van der Waals surface area contributed by atoms with Crippen LogP contribution in [0, 0.1) is 12.8 Å². The number of H-pyrrole nitrogens is 1. The number of aromatic amines is 1. The Morgan fingerprint density at radius 2 is 2.04 bits per heavy atom. The van der Waals surface area contributed by atoms with Crippen molar-refractivity contribution in [2.45, 2.75) is 39.0 Å². The lowest BCUT2D eigenvalue weighted by Crippen LogP contribution is -2.43. The first-order chi connectivity index (χ1) is 13.1. The van der Waals surface area contributed by atoms with Crippen LogP contribution in [0.2, 0.25) is 0 Å². The van der Waals surface area contributed by atoms with Gasteiger partial charge in [-0.25, -0.2) is 0 Å². The SMILES string of the molecule is Cc1ccc(OCC2CCCN(C(=O)c3cc4c([nH]c3=O)CCC4)C2)cc1. The highest BCUT2D eigenvalue weighted by molar-refractivity contribution is 5.94. The fraction of sp³-hybridized carbons (Fsp3) is 0.455. The van der Waals surface area contributed by atoms with Gasteiger partial charge in [-0.15, -0.1) is 0 Å². The van der Waals surface area contributed by atoms with Gasteiger partial charge in [0, 0.05) is 24.7 Å². The summed E-state index contributed by atoms with van der Waals surface area (Å²) in [6, 6.07) is 9.84. The lowest BCUT2D eigenvalue weighted by atomic mass is 9.98. The van der Waals surface area contributed by atoms with Gasteiger partial charge in [-0.2, -0.15) is 0 Å². The Kier molecular flexibility index (Phi) is 5.01. The summed E-state index contributed by atoms with van der Waals surface area (Å²) in [6.07, 6.45) is 4.87. The van der Waals surface area contributed by atoms with Crippen LogP contribution in [-0.4, -0.2) is 35.5 Å². The summed E-state index contributed by atoms with van der Waals surface area (Å²) in [4.78, 5) is 30.0. The van der Waals surface area contributed by atoms with Crippen molar-refractivity contribution in [3.05, 3.63) is 63.1 Å². The first-order valence-electron chi connectivity index (χ1n) is 9.84. The molecule has 5 nitrogen and oxygen atoms in total. The number of rotatable bonds is 4. The molecule has 0 bridgehead atoms. The molecular weight excluding hydrogens is 340 g/mol. The van der Waals surface area contributed by atoms with Gasteiger partial charge in [0.2, 0.25) is 0 Å². The zero-order valence-electron chi connectivity index (χ0n) is 15.8. The molecule has 1 fully saturated rings. The third-order valence-electron chi connectivity index (χ3n) is 5.63. The van der Waals surface area contributed by atoms with Crippen LogP contribution in [0.25, 0.3) is 0 Å². The molecule has 0 saturated carbocycles. The maximum Gasteiger partial charge on any atom is 0.261 e. The van der Waals surface area contributed by atoms with Gasteiger partial charge in [0.15, 0.2) is 0 Å². The van der Waals surface area contributed by atoms with Crippen LogP contribution in [0.3, 0.4) is 0 Å². The predicted molar refractivity (Wildman–Crippen MR) is 104 cm³/mol. The molecule has 1 atom stereocenters. The number of amides is 1. The van der Waals surface area contributed by atoms with Crippen LogP contribution in [0.5, 0.6) is 5.75 Å². The summed E-state index contributed by atoms with van der Waals surface area (Å²) in [7, 11) is 0. The summed E-state index contributed by atoms with van der Waals surface area (Å²) in [5.74, 6) is 1.00. The molecule has 1 aliphatic heterocycles. The molecule has 0 spiro atoms. The summed E-state index contributed by atoms with van der Waals surface area (Å²) in [5.41, 5.74) is 3.36. The monoisotopic (exact) mass is 366 g/mol. The second-order valence-electron chi connectivity index (χ2n) is 7.75. The van der Waals surface area contributed by atoms with Gasteiger partial charge in [-0.1, -0.05) is 17.7 Å². The van der Waals surface area contributed by atoms with Gasteiger partial charge >= 0.3 is 0 Å². The highest BCUT2D eigenvalue weighted by Crippen LogP contribution is 2.22. The molecule has 5 heteroatoms. The molecule has 2 aromatic rings. The molecule has 1 aromatic heterocycles. The number of hydrogen-bond donors (Lipinski definition) is 1. The number of pyridine rings is 1. The number of aromatic nitrogens is 1. The Bertz CT molecular complexity index is 885. The number of benzene rings is 1. The minimum Gasteiger partial charge on any atom is -0.493 e. The topological polar surface area (TPSA) is 62.4 Å². The average molecular weight is 366 g/mol. The second kappa shape index (κ2) is 7.59. The Morgan fingerprint density at radius 3 is 2.85 bits per heavy atom. The predicted octanol–water partition coefficient (Wildman–Crippen LogP) is 3.10. The fourth-order valence-electron chi connectivity index (χ4n) is 4.08. The van der Waals surface area contributed by atoms with Gasteiger partial charge in [0.05, 0.1) is 6.61 Å². The standard InChI is InChI=1S/C22H26N2O3/c1-15-7-9-18(10-8-15)27-14-16-4-3-11-24(13-16)22(26)19-12-17-5-2-6-20(17)23-21(19)25/h7-10,12,16H,2-6,11,13-14H2,1H3,(H,23,25). The first-order valence-corrected chi connectivity index (χ1v) is 9.84. The van der Waals surface area contributed by atoms with Crippen molar-refractivity contribution in [2.75, 3.05) is 19.7 Å².